The van der Waals surface area contributed by atoms with Gasteiger partial charge in [0.1, 0.15) is 0 Å². The van der Waals surface area contributed by atoms with E-state index in [1.165, 1.54) is 51.4 Å². The van der Waals surface area contributed by atoms with Crippen LogP contribution >= 0.6 is 11.6 Å². The number of unbranched alkanes of at least 4 members (excludes halogenated alkanes) is 2. The van der Waals surface area contributed by atoms with Gasteiger partial charge in [-0.3, -0.25) is 0 Å². The molecule has 0 amide bonds. The molecular formula is C21H32ClNO2. The lowest BCUT2D eigenvalue weighted by Crippen LogP contribution is -2.37. The van der Waals surface area contributed by atoms with Gasteiger partial charge in [-0.2, -0.15) is 0 Å². The number of nitrogens with zero attached hydrogens (tertiary/aromatic N) is 1. The molecule has 1 aliphatic heterocycles. The summed E-state index contributed by atoms with van der Waals surface area (Å²) in [7, 11) is 0. The van der Waals surface area contributed by atoms with Crippen LogP contribution in [-0.2, 0) is 0 Å². The van der Waals surface area contributed by atoms with Crippen LogP contribution in [0.4, 0.5) is 5.69 Å². The number of benzene rings is 1. The Labute approximate surface area is 157 Å². The number of carboxylic acid groups (broad SMARTS) is 1. The molecule has 1 N–H and O–H groups in total. The molecule has 4 heteroatoms. The van der Waals surface area contributed by atoms with Gasteiger partial charge in [0.2, 0.25) is 0 Å². The van der Waals surface area contributed by atoms with Crippen LogP contribution in [0, 0.1) is 11.8 Å². The van der Waals surface area contributed by atoms with Gasteiger partial charge in [0.25, 0.3) is 0 Å². The molecule has 0 aliphatic carbocycles. The maximum Gasteiger partial charge on any atom is 0.337 e. The molecule has 0 radical (unpaired) electrons. The third-order valence-electron chi connectivity index (χ3n) is 5.59. The van der Waals surface area contributed by atoms with Gasteiger partial charge in [0.15, 0.2) is 0 Å². The number of carbonyl (C=O) groups is 1. The van der Waals surface area contributed by atoms with Gasteiger partial charge < -0.3 is 10.0 Å². The average Bonchev–Trinajstić information content (AvgIpc) is 2.62. The van der Waals surface area contributed by atoms with E-state index in [0.717, 1.165) is 30.6 Å². The Morgan fingerprint density at radius 3 is 2.32 bits per heavy atom. The maximum absolute atomic E-state index is 11.5. The summed E-state index contributed by atoms with van der Waals surface area (Å²) >= 11 is 5.98. The number of halogens is 1. The molecular weight excluding hydrogens is 334 g/mol. The largest absolute Gasteiger partial charge is 0.478 e. The molecule has 1 saturated heterocycles. The van der Waals surface area contributed by atoms with Crippen LogP contribution in [0.25, 0.3) is 0 Å². The van der Waals surface area contributed by atoms with Gasteiger partial charge in [-0.25, -0.2) is 4.79 Å². The van der Waals surface area contributed by atoms with Crippen LogP contribution in [-0.4, -0.2) is 24.2 Å². The van der Waals surface area contributed by atoms with Crippen molar-refractivity contribution in [1.82, 2.24) is 0 Å². The average molecular weight is 366 g/mol. The lowest BCUT2D eigenvalue weighted by molar-refractivity contribution is 0.0697. The molecule has 3 nitrogen and oxygen atoms in total. The van der Waals surface area contributed by atoms with Crippen LogP contribution in [0.5, 0.6) is 0 Å². The Hall–Kier alpha value is -1.22. The zero-order chi connectivity index (χ0) is 18.2. The van der Waals surface area contributed by atoms with Crippen LogP contribution in [0.3, 0.4) is 0 Å². The molecule has 2 rings (SSSR count). The van der Waals surface area contributed by atoms with Gasteiger partial charge in [-0.05, 0) is 42.9 Å². The van der Waals surface area contributed by atoms with E-state index in [1.54, 1.807) is 12.1 Å². The van der Waals surface area contributed by atoms with E-state index in [0.29, 0.717) is 10.6 Å². The quantitative estimate of drug-likeness (QED) is 0.562. The van der Waals surface area contributed by atoms with Gasteiger partial charge in [0, 0.05) is 18.1 Å². The van der Waals surface area contributed by atoms with Crippen molar-refractivity contribution in [1.29, 1.82) is 0 Å². The Morgan fingerprint density at radius 2 is 1.80 bits per heavy atom. The van der Waals surface area contributed by atoms with Crippen LogP contribution in [0.1, 0.15) is 75.6 Å². The highest BCUT2D eigenvalue weighted by Crippen LogP contribution is 2.35. The van der Waals surface area contributed by atoms with E-state index in [4.69, 9.17) is 11.6 Å². The predicted molar refractivity (Wildman–Crippen MR) is 106 cm³/mol. The molecule has 1 heterocycles. The van der Waals surface area contributed by atoms with Crippen molar-refractivity contribution < 1.29 is 9.90 Å². The SMILES string of the molecule is CCCCC(CCCC)C1CCN(c2ccc(Cl)cc2C(=O)O)CC1. The number of aromatic carboxylic acids is 1. The predicted octanol–water partition coefficient (Wildman–Crippen LogP) is 6.25. The fraction of sp³-hybridized carbons (Fsp3) is 0.667. The Bertz CT molecular complexity index is 545. The number of anilines is 1. The van der Waals surface area contributed by atoms with Crippen molar-refractivity contribution in [2.45, 2.75) is 65.2 Å². The summed E-state index contributed by atoms with van der Waals surface area (Å²) in [6.07, 6.45) is 10.2. The second-order valence-corrected chi connectivity index (χ2v) is 7.77. The van der Waals surface area contributed by atoms with E-state index >= 15 is 0 Å². The summed E-state index contributed by atoms with van der Waals surface area (Å²) in [6, 6.07) is 5.22. The number of hydrogen-bond donors (Lipinski definition) is 1. The van der Waals surface area contributed by atoms with Gasteiger partial charge in [-0.1, -0.05) is 64.0 Å². The van der Waals surface area contributed by atoms with E-state index < -0.39 is 5.97 Å². The van der Waals surface area contributed by atoms with Crippen LogP contribution < -0.4 is 4.90 Å². The first-order valence-electron chi connectivity index (χ1n) is 9.84. The van der Waals surface area contributed by atoms with Crippen molar-refractivity contribution in [2.24, 2.45) is 11.8 Å². The molecule has 1 aromatic carbocycles. The first-order chi connectivity index (χ1) is 12.1. The summed E-state index contributed by atoms with van der Waals surface area (Å²) < 4.78 is 0. The van der Waals surface area contributed by atoms with Crippen molar-refractivity contribution in [3.8, 4) is 0 Å². The van der Waals surface area contributed by atoms with Crippen LogP contribution in [0.15, 0.2) is 18.2 Å². The zero-order valence-corrected chi connectivity index (χ0v) is 16.4. The second kappa shape index (κ2) is 10.1. The fourth-order valence-electron chi connectivity index (χ4n) is 4.12. The molecule has 0 unspecified atom stereocenters. The second-order valence-electron chi connectivity index (χ2n) is 7.34. The highest BCUT2D eigenvalue weighted by molar-refractivity contribution is 6.31. The summed E-state index contributed by atoms with van der Waals surface area (Å²) in [5.41, 5.74) is 1.13. The lowest BCUT2D eigenvalue weighted by atomic mass is 9.78. The molecule has 0 aromatic heterocycles. The number of rotatable bonds is 9. The molecule has 140 valence electrons. The van der Waals surface area contributed by atoms with E-state index in [1.807, 2.05) is 6.07 Å². The summed E-state index contributed by atoms with van der Waals surface area (Å²) in [4.78, 5) is 13.8. The number of hydrogen-bond acceptors (Lipinski definition) is 2. The topological polar surface area (TPSA) is 40.5 Å². The standard InChI is InChI=1S/C21H32ClNO2/c1-3-5-7-16(8-6-4-2)17-11-13-23(14-12-17)20-10-9-18(22)15-19(20)21(24)25/h9-10,15-17H,3-8,11-14H2,1-2H3,(H,24,25). The summed E-state index contributed by atoms with van der Waals surface area (Å²) in [6.45, 7) is 6.43. The zero-order valence-electron chi connectivity index (χ0n) is 15.6. The number of carboxylic acids is 1. The first-order valence-corrected chi connectivity index (χ1v) is 10.2. The first kappa shape index (κ1) is 20.1. The third-order valence-corrected chi connectivity index (χ3v) is 5.83. The van der Waals surface area contributed by atoms with Crippen molar-refractivity contribution in [2.75, 3.05) is 18.0 Å². The van der Waals surface area contributed by atoms with Crippen molar-refractivity contribution in [3.63, 3.8) is 0 Å². The Balaban J connectivity index is 2.01. The lowest BCUT2D eigenvalue weighted by Gasteiger charge is -2.38. The monoisotopic (exact) mass is 365 g/mol. The minimum absolute atomic E-state index is 0.319. The molecule has 0 atom stereocenters. The smallest absolute Gasteiger partial charge is 0.337 e. The van der Waals surface area contributed by atoms with Gasteiger partial charge >= 0.3 is 5.97 Å². The fourth-order valence-corrected chi connectivity index (χ4v) is 4.29. The maximum atomic E-state index is 11.5. The molecule has 0 bridgehead atoms. The molecule has 1 aromatic rings. The number of piperidine rings is 1. The Morgan fingerprint density at radius 1 is 1.20 bits per heavy atom. The molecule has 1 fully saturated rings. The van der Waals surface area contributed by atoms with E-state index in [-0.39, 0.29) is 0 Å². The van der Waals surface area contributed by atoms with Crippen molar-refractivity contribution >= 4 is 23.3 Å². The summed E-state index contributed by atoms with van der Waals surface area (Å²) in [5, 5.41) is 9.95. The van der Waals surface area contributed by atoms with Gasteiger partial charge in [-0.15, -0.1) is 0 Å². The Kier molecular flexibility index (Phi) is 8.08. The van der Waals surface area contributed by atoms with Gasteiger partial charge in [0.05, 0.1) is 11.3 Å². The molecule has 1 aliphatic rings. The van der Waals surface area contributed by atoms with E-state index in [2.05, 4.69) is 18.7 Å². The van der Waals surface area contributed by atoms with E-state index in [9.17, 15) is 9.90 Å². The van der Waals surface area contributed by atoms with Crippen molar-refractivity contribution in [3.05, 3.63) is 28.8 Å². The molecule has 25 heavy (non-hydrogen) atoms. The minimum Gasteiger partial charge on any atom is -0.478 e. The highest BCUT2D eigenvalue weighted by atomic mass is 35.5. The summed E-state index contributed by atoms with van der Waals surface area (Å²) in [5.74, 6) is 0.726. The molecule has 0 saturated carbocycles. The minimum atomic E-state index is -0.900. The highest BCUT2D eigenvalue weighted by Gasteiger charge is 2.27. The van der Waals surface area contributed by atoms with Crippen LogP contribution in [0.2, 0.25) is 5.02 Å². The normalized spacial score (nSPS) is 15.8. The molecule has 0 spiro atoms. The third kappa shape index (κ3) is 5.64.